The number of ether oxygens (including phenoxy) is 2. The largest absolute Gasteiger partial charge is 0.371 e. The van der Waals surface area contributed by atoms with Gasteiger partial charge in [0.25, 0.3) is 0 Å². The highest BCUT2D eigenvalue weighted by Crippen LogP contribution is 2.75. The van der Waals surface area contributed by atoms with Crippen LogP contribution in [0.25, 0.3) is 0 Å². The Morgan fingerprint density at radius 3 is 1.37 bits per heavy atom. The molecule has 1 fully saturated rings. The van der Waals surface area contributed by atoms with Gasteiger partial charge in [0, 0.05) is 0 Å². The van der Waals surface area contributed by atoms with Crippen molar-refractivity contribution >= 4 is 255 Å². The molecule has 0 aliphatic carbocycles. The van der Waals surface area contributed by atoms with Crippen molar-refractivity contribution in [3.8, 4) is 0 Å². The zero-order chi connectivity index (χ0) is 24.1. The van der Waals surface area contributed by atoms with Crippen molar-refractivity contribution in [3.05, 3.63) is 0 Å². The standard InChI is InChI=1S/C12H8Br16O2/c13-4(5(14)15)7(17,18)9(21,22)11(25,26)12(27,28)10(23,24)8(19,20)6(16)30-2-3-1-29-3/h3-6H,1-2H2. The predicted octanol–water partition coefficient (Wildman–Crippen LogP) is 11.9. The van der Waals surface area contributed by atoms with E-state index in [0.717, 1.165) is 0 Å². The van der Waals surface area contributed by atoms with Gasteiger partial charge in [0.15, 0.2) is 0 Å². The molecule has 0 spiro atoms. The summed E-state index contributed by atoms with van der Waals surface area (Å²) in [6, 6.07) is 0. The monoisotopic (exact) mass is 1450 g/mol. The average molecular weight is 1460 g/mol. The fourth-order valence-electron chi connectivity index (χ4n) is 1.75. The van der Waals surface area contributed by atoms with Crippen LogP contribution in [0.3, 0.4) is 0 Å². The summed E-state index contributed by atoms with van der Waals surface area (Å²) >= 11 is 60.4. The van der Waals surface area contributed by atoms with Crippen LogP contribution in [0.15, 0.2) is 0 Å². The topological polar surface area (TPSA) is 21.8 Å². The van der Waals surface area contributed by atoms with Crippen LogP contribution >= 0.6 is 255 Å². The minimum absolute atomic E-state index is 0.0665. The first kappa shape index (κ1) is 35.6. The lowest BCUT2D eigenvalue weighted by Crippen LogP contribution is -2.67. The maximum Gasteiger partial charge on any atom is 0.144 e. The van der Waals surface area contributed by atoms with Gasteiger partial charge in [-0.1, -0.05) is 255 Å². The molecule has 1 aliphatic rings. The second-order valence-electron chi connectivity index (χ2n) is 5.88. The van der Waals surface area contributed by atoms with E-state index in [-0.39, 0.29) is 14.7 Å². The summed E-state index contributed by atoms with van der Waals surface area (Å²) in [5, 5.41) is -0.464. The molecule has 0 aromatic heterocycles. The van der Waals surface area contributed by atoms with E-state index < -0.39 is 24.4 Å². The van der Waals surface area contributed by atoms with E-state index in [2.05, 4.69) is 255 Å². The Morgan fingerprint density at radius 1 is 0.667 bits per heavy atom. The van der Waals surface area contributed by atoms with Crippen LogP contribution in [0.5, 0.6) is 0 Å². The molecular weight excluding hydrogens is 1450 g/mol. The maximum absolute atomic E-state index is 5.95. The van der Waals surface area contributed by atoms with Gasteiger partial charge in [-0.3, -0.25) is 0 Å². The summed E-state index contributed by atoms with van der Waals surface area (Å²) in [7, 11) is 0. The lowest BCUT2D eigenvalue weighted by Gasteiger charge is -2.56. The number of hydrogen-bond donors (Lipinski definition) is 0. The van der Waals surface area contributed by atoms with Crippen molar-refractivity contribution in [2.45, 2.75) is 39.1 Å². The summed E-state index contributed by atoms with van der Waals surface area (Å²) in [5.41, 5.74) is 0. The lowest BCUT2D eigenvalue weighted by molar-refractivity contribution is 0.0945. The summed E-state index contributed by atoms with van der Waals surface area (Å²) in [4.78, 5) is -0.141. The summed E-state index contributed by atoms with van der Waals surface area (Å²) < 4.78 is 5.72. The molecule has 0 aromatic carbocycles. The van der Waals surface area contributed by atoms with E-state index in [9.17, 15) is 0 Å². The maximum atomic E-state index is 5.95. The van der Waals surface area contributed by atoms with E-state index in [0.29, 0.717) is 13.2 Å². The van der Waals surface area contributed by atoms with Gasteiger partial charge < -0.3 is 9.47 Å². The number of alkyl halides is 16. The van der Waals surface area contributed by atoms with Gasteiger partial charge >= 0.3 is 0 Å². The molecular formula is C12H8Br16O2. The fourth-order valence-corrected chi connectivity index (χ4v) is 16.8. The number of hydrogen-bond acceptors (Lipinski definition) is 2. The SMILES string of the molecule is BrC(Br)C(Br)C(Br)(Br)C(Br)(Br)C(Br)(Br)C(Br)(Br)C(Br)(Br)C(Br)(Br)C(Br)OCC1CO1. The normalized spacial score (nSPS) is 21.7. The second-order valence-corrected chi connectivity index (χ2v) is 31.8. The number of rotatable bonds is 11. The van der Waals surface area contributed by atoms with Gasteiger partial charge in [0.1, 0.15) is 30.5 Å². The van der Waals surface area contributed by atoms with E-state index >= 15 is 0 Å². The minimum Gasteiger partial charge on any atom is -0.371 e. The van der Waals surface area contributed by atoms with E-state index in [1.54, 1.807) is 0 Å². The van der Waals surface area contributed by atoms with Crippen LogP contribution in [0, 0.1) is 0 Å². The van der Waals surface area contributed by atoms with Gasteiger partial charge in [-0.05, 0) is 0 Å². The average Bonchev–Trinajstić information content (AvgIpc) is 3.41. The summed E-state index contributed by atoms with van der Waals surface area (Å²) in [6.45, 7) is 1.17. The molecule has 0 amide bonds. The predicted molar refractivity (Wildman–Crippen MR) is 186 cm³/mol. The lowest BCUT2D eigenvalue weighted by atomic mass is 10.1. The molecule has 2 nitrogen and oxygen atoms in total. The highest BCUT2D eigenvalue weighted by molar-refractivity contribution is 9.36. The molecule has 180 valence electrons. The molecule has 18 heteroatoms. The highest BCUT2D eigenvalue weighted by atomic mass is 79.9. The van der Waals surface area contributed by atoms with E-state index in [1.807, 2.05) is 0 Å². The first-order valence-corrected chi connectivity index (χ1v) is 20.3. The van der Waals surface area contributed by atoms with Gasteiger partial charge in [0.2, 0.25) is 0 Å². The second kappa shape index (κ2) is 13.1. The van der Waals surface area contributed by atoms with Gasteiger partial charge in [-0.2, -0.15) is 0 Å². The quantitative estimate of drug-likeness (QED) is 0.152. The van der Waals surface area contributed by atoms with Crippen molar-refractivity contribution in [1.29, 1.82) is 0 Å². The molecule has 1 heterocycles. The highest BCUT2D eigenvalue weighted by Gasteiger charge is 2.75. The van der Waals surface area contributed by atoms with Crippen LogP contribution in [-0.2, 0) is 9.47 Å². The Hall–Kier alpha value is 7.60. The fraction of sp³-hybridized carbons (Fsp3) is 1.00. The van der Waals surface area contributed by atoms with Gasteiger partial charge in [-0.25, -0.2) is 0 Å². The minimum atomic E-state index is -0.973. The van der Waals surface area contributed by atoms with Crippen molar-refractivity contribution in [2.24, 2.45) is 0 Å². The number of halogens is 16. The third kappa shape index (κ3) is 7.26. The summed E-state index contributed by atoms with van der Waals surface area (Å²) in [5.74, 6) is 0. The van der Waals surface area contributed by atoms with Crippen LogP contribution in [-0.4, -0.2) is 52.3 Å². The smallest absolute Gasteiger partial charge is 0.144 e. The molecule has 0 N–H and O–H groups in total. The Kier molecular flexibility index (Phi) is 15.5. The molecule has 1 saturated heterocycles. The van der Waals surface area contributed by atoms with Gasteiger partial charge in [0.05, 0.1) is 21.8 Å². The molecule has 0 radical (unpaired) electrons. The third-order valence-electron chi connectivity index (χ3n) is 3.70. The van der Waals surface area contributed by atoms with Crippen molar-refractivity contribution in [1.82, 2.24) is 0 Å². The Labute approximate surface area is 310 Å². The molecule has 0 saturated carbocycles. The van der Waals surface area contributed by atoms with E-state index in [4.69, 9.17) is 9.47 Å². The van der Waals surface area contributed by atoms with Crippen molar-refractivity contribution in [3.63, 3.8) is 0 Å². The van der Waals surface area contributed by atoms with Crippen molar-refractivity contribution in [2.75, 3.05) is 13.2 Å². The first-order chi connectivity index (χ1) is 13.1. The van der Waals surface area contributed by atoms with Gasteiger partial charge in [-0.15, -0.1) is 0 Å². The Bertz CT molecular complexity index is 601. The molecule has 3 unspecified atom stereocenters. The van der Waals surface area contributed by atoms with Crippen LogP contribution in [0.2, 0.25) is 0 Å². The molecule has 0 aromatic rings. The number of epoxide rings is 1. The molecule has 0 bridgehead atoms. The van der Waals surface area contributed by atoms with Crippen molar-refractivity contribution < 1.29 is 9.47 Å². The molecule has 1 rings (SSSR count). The first-order valence-electron chi connectivity index (χ1n) is 7.17. The van der Waals surface area contributed by atoms with Crippen LogP contribution in [0.1, 0.15) is 0 Å². The third-order valence-corrected chi connectivity index (χ3v) is 35.3. The Balaban J connectivity index is 3.35. The zero-order valence-electron chi connectivity index (χ0n) is 13.6. The van der Waals surface area contributed by atoms with E-state index in [1.165, 1.54) is 0 Å². The zero-order valence-corrected chi connectivity index (χ0v) is 39.0. The van der Waals surface area contributed by atoms with Crippen LogP contribution in [0.4, 0.5) is 0 Å². The summed E-state index contributed by atoms with van der Waals surface area (Å²) in [6.07, 6.45) is 0.127. The molecule has 3 atom stereocenters. The Morgan fingerprint density at radius 2 is 1.03 bits per heavy atom. The molecule has 30 heavy (non-hydrogen) atoms. The van der Waals surface area contributed by atoms with Crippen LogP contribution < -0.4 is 0 Å². The molecule has 1 aliphatic heterocycles.